The number of aryl methyl sites for hydroxylation is 1. The zero-order chi connectivity index (χ0) is 13.2. The summed E-state index contributed by atoms with van der Waals surface area (Å²) in [7, 11) is -3.56. The maximum absolute atomic E-state index is 12.0. The summed E-state index contributed by atoms with van der Waals surface area (Å²) in [5, 5.41) is 6.35. The number of H-pyrrole nitrogens is 1. The Hall–Kier alpha value is -1.47. The predicted molar refractivity (Wildman–Crippen MR) is 65.9 cm³/mol. The Morgan fingerprint density at radius 2 is 2.22 bits per heavy atom. The zero-order valence-corrected chi connectivity index (χ0v) is 11.2. The van der Waals surface area contributed by atoms with Crippen molar-refractivity contribution in [3.05, 3.63) is 34.9 Å². The van der Waals surface area contributed by atoms with Gasteiger partial charge in [-0.15, -0.1) is 5.10 Å². The molecule has 0 aliphatic carbocycles. The molecule has 0 spiro atoms. The minimum atomic E-state index is -3.56. The quantitative estimate of drug-likeness (QED) is 0.858. The molecule has 0 saturated carbocycles. The van der Waals surface area contributed by atoms with E-state index in [1.807, 2.05) is 6.92 Å². The van der Waals surface area contributed by atoms with Crippen LogP contribution in [0.3, 0.4) is 0 Å². The van der Waals surface area contributed by atoms with E-state index in [9.17, 15) is 8.42 Å². The molecule has 0 aromatic carbocycles. The van der Waals surface area contributed by atoms with Gasteiger partial charge in [0.05, 0.1) is 5.75 Å². The van der Waals surface area contributed by atoms with Gasteiger partial charge < -0.3 is 0 Å². The van der Waals surface area contributed by atoms with Crippen LogP contribution in [0.5, 0.6) is 0 Å². The first kappa shape index (κ1) is 13.0. The first-order valence-corrected chi connectivity index (χ1v) is 7.29. The van der Waals surface area contributed by atoms with Gasteiger partial charge >= 0.3 is 0 Å². The topological polar surface area (TPSA) is 88.6 Å². The molecular weight excluding hydrogens is 276 g/mol. The van der Waals surface area contributed by atoms with Gasteiger partial charge in [0.1, 0.15) is 11.0 Å². The lowest BCUT2D eigenvalue weighted by atomic mass is 10.3. The molecule has 0 amide bonds. The van der Waals surface area contributed by atoms with Crippen molar-refractivity contribution < 1.29 is 8.42 Å². The van der Waals surface area contributed by atoms with Gasteiger partial charge in [0.2, 0.25) is 9.84 Å². The smallest absolute Gasteiger partial charge is 0.262 e. The number of aromatic amines is 1. The fraction of sp³-hybridized carbons (Fsp3) is 0.300. The van der Waals surface area contributed by atoms with Crippen molar-refractivity contribution in [2.45, 2.75) is 24.3 Å². The second-order valence-electron chi connectivity index (χ2n) is 3.66. The Morgan fingerprint density at radius 1 is 1.44 bits per heavy atom. The van der Waals surface area contributed by atoms with Crippen molar-refractivity contribution in [2.24, 2.45) is 0 Å². The summed E-state index contributed by atoms with van der Waals surface area (Å²) in [5.74, 6) is 0.345. The summed E-state index contributed by atoms with van der Waals surface area (Å²) >= 11 is 5.70. The van der Waals surface area contributed by atoms with Crippen LogP contribution in [-0.2, 0) is 22.0 Å². The maximum atomic E-state index is 12.0. The summed E-state index contributed by atoms with van der Waals surface area (Å²) in [4.78, 5) is 7.71. The van der Waals surface area contributed by atoms with Gasteiger partial charge in [-0.3, -0.25) is 5.10 Å². The van der Waals surface area contributed by atoms with E-state index in [1.165, 1.54) is 12.3 Å². The lowest BCUT2D eigenvalue weighted by molar-refractivity contribution is 0.586. The third-order valence-corrected chi connectivity index (χ3v) is 3.93. The van der Waals surface area contributed by atoms with Crippen LogP contribution in [-0.4, -0.2) is 28.6 Å². The highest BCUT2D eigenvalue weighted by Crippen LogP contribution is 2.14. The van der Waals surface area contributed by atoms with Gasteiger partial charge in [0.15, 0.2) is 0 Å². The minimum Gasteiger partial charge on any atom is -0.262 e. The van der Waals surface area contributed by atoms with Crippen molar-refractivity contribution in [1.82, 2.24) is 20.2 Å². The molecule has 2 heterocycles. The minimum absolute atomic E-state index is 0.188. The Labute approximate surface area is 109 Å². The van der Waals surface area contributed by atoms with Crippen molar-refractivity contribution in [3.8, 4) is 0 Å². The van der Waals surface area contributed by atoms with Crippen LogP contribution in [0, 0.1) is 0 Å². The normalized spacial score (nSPS) is 11.7. The molecule has 2 aromatic heterocycles. The number of pyridine rings is 1. The highest BCUT2D eigenvalue weighted by molar-refractivity contribution is 7.90. The number of sulfone groups is 1. The first-order chi connectivity index (χ1) is 8.51. The van der Waals surface area contributed by atoms with Gasteiger partial charge in [0, 0.05) is 12.6 Å². The van der Waals surface area contributed by atoms with Gasteiger partial charge in [-0.05, 0) is 17.7 Å². The molecule has 0 unspecified atom stereocenters. The Bertz CT molecular complexity index is 653. The SMILES string of the molecule is CCc1nc(S(=O)(=O)Cc2ccnc(Cl)c2)n[nH]1. The average molecular weight is 287 g/mol. The second kappa shape index (κ2) is 5.03. The molecular formula is C10H11ClN4O2S. The van der Waals surface area contributed by atoms with Gasteiger partial charge in [-0.25, -0.2) is 18.4 Å². The van der Waals surface area contributed by atoms with E-state index in [0.717, 1.165) is 0 Å². The van der Waals surface area contributed by atoms with E-state index >= 15 is 0 Å². The van der Waals surface area contributed by atoms with Crippen molar-refractivity contribution in [2.75, 3.05) is 0 Å². The molecule has 0 bridgehead atoms. The van der Waals surface area contributed by atoms with Crippen molar-refractivity contribution in [1.29, 1.82) is 0 Å². The molecule has 8 heteroatoms. The molecule has 96 valence electrons. The van der Waals surface area contributed by atoms with Crippen LogP contribution in [0.2, 0.25) is 5.15 Å². The van der Waals surface area contributed by atoms with Crippen LogP contribution in [0.25, 0.3) is 0 Å². The van der Waals surface area contributed by atoms with E-state index in [4.69, 9.17) is 11.6 Å². The first-order valence-electron chi connectivity index (χ1n) is 5.25. The number of aromatic nitrogens is 4. The van der Waals surface area contributed by atoms with E-state index in [0.29, 0.717) is 17.8 Å². The van der Waals surface area contributed by atoms with Crippen LogP contribution >= 0.6 is 11.6 Å². The largest absolute Gasteiger partial charge is 0.267 e. The number of nitrogens with zero attached hydrogens (tertiary/aromatic N) is 3. The summed E-state index contributed by atoms with van der Waals surface area (Å²) in [6, 6.07) is 3.10. The van der Waals surface area contributed by atoms with Gasteiger partial charge in [-0.2, -0.15) is 0 Å². The third-order valence-electron chi connectivity index (χ3n) is 2.27. The average Bonchev–Trinajstić information content (AvgIpc) is 2.77. The molecule has 0 radical (unpaired) electrons. The molecule has 0 atom stereocenters. The van der Waals surface area contributed by atoms with E-state index in [1.54, 1.807) is 6.07 Å². The monoisotopic (exact) mass is 286 g/mol. The number of hydrogen-bond acceptors (Lipinski definition) is 5. The summed E-state index contributed by atoms with van der Waals surface area (Å²) in [6.07, 6.45) is 2.06. The highest BCUT2D eigenvalue weighted by Gasteiger charge is 2.20. The van der Waals surface area contributed by atoms with Gasteiger partial charge in [-0.1, -0.05) is 18.5 Å². The highest BCUT2D eigenvalue weighted by atomic mass is 35.5. The van der Waals surface area contributed by atoms with Crippen molar-refractivity contribution in [3.63, 3.8) is 0 Å². The molecule has 0 fully saturated rings. The Morgan fingerprint density at radius 3 is 2.83 bits per heavy atom. The van der Waals surface area contributed by atoms with E-state index < -0.39 is 9.84 Å². The number of rotatable bonds is 4. The predicted octanol–water partition coefficient (Wildman–Crippen LogP) is 1.39. The molecule has 2 aromatic rings. The Kier molecular flexibility index (Phi) is 3.63. The maximum Gasteiger partial charge on any atom is 0.267 e. The van der Waals surface area contributed by atoms with Gasteiger partial charge in [0.25, 0.3) is 5.16 Å². The van der Waals surface area contributed by atoms with Crippen molar-refractivity contribution >= 4 is 21.4 Å². The fourth-order valence-electron chi connectivity index (χ4n) is 1.39. The fourth-order valence-corrected chi connectivity index (χ4v) is 2.77. The van der Waals surface area contributed by atoms with E-state index in [-0.39, 0.29) is 16.1 Å². The van der Waals surface area contributed by atoms with Crippen LogP contribution < -0.4 is 0 Å². The molecule has 0 aliphatic heterocycles. The van der Waals surface area contributed by atoms with Crippen LogP contribution in [0.1, 0.15) is 18.3 Å². The summed E-state index contributed by atoms with van der Waals surface area (Å²) in [5.41, 5.74) is 0.554. The number of hydrogen-bond donors (Lipinski definition) is 1. The molecule has 6 nitrogen and oxygen atoms in total. The molecule has 18 heavy (non-hydrogen) atoms. The second-order valence-corrected chi connectivity index (χ2v) is 5.93. The standard InChI is InChI=1S/C10H11ClN4O2S/c1-2-9-13-10(15-14-9)18(16,17)6-7-3-4-12-8(11)5-7/h3-5H,2,6H2,1H3,(H,13,14,15). The van der Waals surface area contributed by atoms with E-state index in [2.05, 4.69) is 20.2 Å². The molecule has 2 rings (SSSR count). The van der Waals surface area contributed by atoms with Crippen LogP contribution in [0.4, 0.5) is 0 Å². The number of nitrogens with one attached hydrogen (secondary N) is 1. The molecule has 1 N–H and O–H groups in total. The lowest BCUT2D eigenvalue weighted by Gasteiger charge is -2.00. The van der Waals surface area contributed by atoms with Crippen LogP contribution in [0.15, 0.2) is 23.5 Å². The molecule has 0 saturated heterocycles. The third kappa shape index (κ3) is 2.85. The summed E-state index contributed by atoms with van der Waals surface area (Å²) in [6.45, 7) is 1.86. The molecule has 0 aliphatic rings. The lowest BCUT2D eigenvalue weighted by Crippen LogP contribution is -2.07. The number of halogens is 1. The Balaban J connectivity index is 2.27. The zero-order valence-electron chi connectivity index (χ0n) is 9.59. The summed E-state index contributed by atoms with van der Waals surface area (Å²) < 4.78 is 24.1.